The minimum absolute atomic E-state index is 0.323. The molecular formula is C15H10FN3O. The first-order valence-corrected chi connectivity index (χ1v) is 5.78. The maximum absolute atomic E-state index is 12.7. The number of nitrogens with one attached hydrogen (secondary N) is 1. The molecular weight excluding hydrogens is 257 g/mol. The Balaban J connectivity index is 1.97. The second-order valence-electron chi connectivity index (χ2n) is 3.94. The van der Waals surface area contributed by atoms with Gasteiger partial charge < -0.3 is 0 Å². The van der Waals surface area contributed by atoms with E-state index < -0.39 is 11.7 Å². The number of carbonyl (C=O) groups excluding carboxylic acids is 1. The molecule has 0 saturated heterocycles. The maximum Gasteiger partial charge on any atom is 0.271 e. The summed E-state index contributed by atoms with van der Waals surface area (Å²) in [5, 5.41) is 12.5. The summed E-state index contributed by atoms with van der Waals surface area (Å²) in [6.45, 7) is 0. The summed E-state index contributed by atoms with van der Waals surface area (Å²) in [5.41, 5.74) is 3.97. The molecule has 0 fully saturated rings. The summed E-state index contributed by atoms with van der Waals surface area (Å²) in [4.78, 5) is 11.7. The molecule has 0 aliphatic rings. The van der Waals surface area contributed by atoms with Crippen LogP contribution in [0.3, 0.4) is 0 Å². The lowest BCUT2D eigenvalue weighted by molar-refractivity contribution is 0.0955. The minimum atomic E-state index is -0.421. The quantitative estimate of drug-likeness (QED) is 0.685. The van der Waals surface area contributed by atoms with E-state index in [4.69, 9.17) is 5.26 Å². The number of hydrogen-bond donors (Lipinski definition) is 1. The lowest BCUT2D eigenvalue weighted by atomic mass is 10.2. The highest BCUT2D eigenvalue weighted by Gasteiger charge is 2.03. The van der Waals surface area contributed by atoms with Crippen molar-refractivity contribution < 1.29 is 9.18 Å². The van der Waals surface area contributed by atoms with E-state index in [9.17, 15) is 9.18 Å². The third-order valence-corrected chi connectivity index (χ3v) is 2.53. The Hall–Kier alpha value is -3.00. The lowest BCUT2D eigenvalue weighted by Gasteiger charge is -1.99. The van der Waals surface area contributed by atoms with Gasteiger partial charge in [0.2, 0.25) is 0 Å². The molecule has 0 heterocycles. The number of benzene rings is 2. The average Bonchev–Trinajstić information content (AvgIpc) is 2.48. The number of hydrogen-bond acceptors (Lipinski definition) is 3. The molecule has 1 amide bonds. The van der Waals surface area contributed by atoms with E-state index >= 15 is 0 Å². The third-order valence-electron chi connectivity index (χ3n) is 2.53. The molecule has 1 N–H and O–H groups in total. The van der Waals surface area contributed by atoms with Crippen LogP contribution in [0, 0.1) is 17.1 Å². The van der Waals surface area contributed by atoms with E-state index in [1.807, 2.05) is 6.07 Å². The van der Waals surface area contributed by atoms with E-state index in [0.717, 1.165) is 5.56 Å². The molecule has 0 aliphatic heterocycles. The highest BCUT2D eigenvalue weighted by Crippen LogP contribution is 2.03. The van der Waals surface area contributed by atoms with Crippen molar-refractivity contribution in [1.29, 1.82) is 5.26 Å². The van der Waals surface area contributed by atoms with E-state index in [-0.39, 0.29) is 0 Å². The zero-order valence-corrected chi connectivity index (χ0v) is 10.4. The SMILES string of the molecule is N#Cc1ccc(C=NNC(=O)c2ccc(F)cc2)cc1. The first-order chi connectivity index (χ1) is 9.69. The molecule has 0 bridgehead atoms. The van der Waals surface area contributed by atoms with Gasteiger partial charge in [0.15, 0.2) is 0 Å². The topological polar surface area (TPSA) is 65.2 Å². The zero-order valence-electron chi connectivity index (χ0n) is 10.4. The van der Waals surface area contributed by atoms with E-state index in [1.54, 1.807) is 24.3 Å². The summed E-state index contributed by atoms with van der Waals surface area (Å²) >= 11 is 0. The number of nitrogens with zero attached hydrogens (tertiary/aromatic N) is 2. The van der Waals surface area contributed by atoms with E-state index in [0.29, 0.717) is 11.1 Å². The largest absolute Gasteiger partial charge is 0.271 e. The fourth-order valence-corrected chi connectivity index (χ4v) is 1.47. The summed E-state index contributed by atoms with van der Waals surface area (Å²) in [6.07, 6.45) is 1.46. The van der Waals surface area contributed by atoms with Crippen LogP contribution in [0.5, 0.6) is 0 Å². The van der Waals surface area contributed by atoms with Crippen molar-refractivity contribution in [1.82, 2.24) is 5.43 Å². The second kappa shape index (κ2) is 6.25. The Morgan fingerprint density at radius 2 is 1.80 bits per heavy atom. The normalized spacial score (nSPS) is 10.2. The molecule has 0 aliphatic carbocycles. The molecule has 2 aromatic carbocycles. The lowest BCUT2D eigenvalue weighted by Crippen LogP contribution is -2.17. The van der Waals surface area contributed by atoms with Gasteiger partial charge in [0.05, 0.1) is 17.8 Å². The summed E-state index contributed by atoms with van der Waals surface area (Å²) in [6, 6.07) is 13.9. The number of rotatable bonds is 3. The van der Waals surface area contributed by atoms with Gasteiger partial charge in [-0.05, 0) is 42.0 Å². The van der Waals surface area contributed by atoms with Crippen molar-refractivity contribution in [3.8, 4) is 6.07 Å². The third kappa shape index (κ3) is 3.50. The molecule has 0 radical (unpaired) electrons. The molecule has 20 heavy (non-hydrogen) atoms. The second-order valence-corrected chi connectivity index (χ2v) is 3.94. The summed E-state index contributed by atoms with van der Waals surface area (Å²) < 4.78 is 12.7. The smallest absolute Gasteiger partial charge is 0.267 e. The van der Waals surface area contributed by atoms with Gasteiger partial charge >= 0.3 is 0 Å². The van der Waals surface area contributed by atoms with Gasteiger partial charge in [-0.25, -0.2) is 9.82 Å². The van der Waals surface area contributed by atoms with Gasteiger partial charge in [0.25, 0.3) is 5.91 Å². The Morgan fingerprint density at radius 1 is 1.15 bits per heavy atom. The van der Waals surface area contributed by atoms with Gasteiger partial charge in [-0.3, -0.25) is 4.79 Å². The van der Waals surface area contributed by atoms with Crippen molar-refractivity contribution >= 4 is 12.1 Å². The van der Waals surface area contributed by atoms with Gasteiger partial charge in [-0.15, -0.1) is 0 Å². The van der Waals surface area contributed by atoms with Crippen molar-refractivity contribution in [2.45, 2.75) is 0 Å². The number of hydrazone groups is 1. The molecule has 2 rings (SSSR count). The maximum atomic E-state index is 12.7. The van der Waals surface area contributed by atoms with Gasteiger partial charge in [0, 0.05) is 5.56 Å². The van der Waals surface area contributed by atoms with E-state index in [1.165, 1.54) is 30.5 Å². The van der Waals surface area contributed by atoms with Crippen LogP contribution >= 0.6 is 0 Å². The molecule has 2 aromatic rings. The predicted molar refractivity (Wildman–Crippen MR) is 72.6 cm³/mol. The standard InChI is InChI=1S/C15H10FN3O/c16-14-7-5-13(6-8-14)15(20)19-18-10-12-3-1-11(9-17)2-4-12/h1-8,10H,(H,19,20). The Labute approximate surface area is 115 Å². The van der Waals surface area contributed by atoms with Crippen LogP contribution in [0.2, 0.25) is 0 Å². The van der Waals surface area contributed by atoms with E-state index in [2.05, 4.69) is 10.5 Å². The molecule has 98 valence electrons. The van der Waals surface area contributed by atoms with Crippen molar-refractivity contribution in [2.75, 3.05) is 0 Å². The monoisotopic (exact) mass is 267 g/mol. The Kier molecular flexibility index (Phi) is 4.20. The molecule has 0 unspecified atom stereocenters. The van der Waals surface area contributed by atoms with Crippen LogP contribution in [0.15, 0.2) is 53.6 Å². The van der Waals surface area contributed by atoms with Crippen molar-refractivity contribution in [2.24, 2.45) is 5.10 Å². The van der Waals surface area contributed by atoms with Crippen LogP contribution in [-0.4, -0.2) is 12.1 Å². The van der Waals surface area contributed by atoms with Crippen LogP contribution in [-0.2, 0) is 0 Å². The van der Waals surface area contributed by atoms with Crippen molar-refractivity contribution in [3.63, 3.8) is 0 Å². The highest BCUT2D eigenvalue weighted by molar-refractivity contribution is 5.94. The number of carbonyl (C=O) groups is 1. The van der Waals surface area contributed by atoms with Gasteiger partial charge in [-0.1, -0.05) is 12.1 Å². The Bertz CT molecular complexity index is 670. The highest BCUT2D eigenvalue weighted by atomic mass is 19.1. The molecule has 4 nitrogen and oxygen atoms in total. The van der Waals surface area contributed by atoms with Crippen LogP contribution < -0.4 is 5.43 Å². The molecule has 5 heteroatoms. The molecule has 0 aromatic heterocycles. The van der Waals surface area contributed by atoms with Crippen LogP contribution in [0.1, 0.15) is 21.5 Å². The van der Waals surface area contributed by atoms with Gasteiger partial charge in [0.1, 0.15) is 5.82 Å². The average molecular weight is 267 g/mol. The number of amides is 1. The minimum Gasteiger partial charge on any atom is -0.267 e. The Morgan fingerprint density at radius 3 is 2.40 bits per heavy atom. The van der Waals surface area contributed by atoms with Gasteiger partial charge in [-0.2, -0.15) is 10.4 Å². The fraction of sp³-hybridized carbons (Fsp3) is 0. The number of halogens is 1. The first-order valence-electron chi connectivity index (χ1n) is 5.78. The number of nitriles is 1. The summed E-state index contributed by atoms with van der Waals surface area (Å²) in [5.74, 6) is -0.822. The molecule has 0 atom stereocenters. The fourth-order valence-electron chi connectivity index (χ4n) is 1.47. The summed E-state index contributed by atoms with van der Waals surface area (Å²) in [7, 11) is 0. The molecule has 0 saturated carbocycles. The van der Waals surface area contributed by atoms with Crippen molar-refractivity contribution in [3.05, 3.63) is 71.0 Å². The van der Waals surface area contributed by atoms with Crippen LogP contribution in [0.4, 0.5) is 4.39 Å². The van der Waals surface area contributed by atoms with Crippen LogP contribution in [0.25, 0.3) is 0 Å². The zero-order chi connectivity index (χ0) is 14.4. The predicted octanol–water partition coefficient (Wildman–Crippen LogP) is 2.46. The first kappa shape index (κ1) is 13.4. The molecule has 0 spiro atoms.